The van der Waals surface area contributed by atoms with E-state index >= 15 is 0 Å². The van der Waals surface area contributed by atoms with E-state index in [0.29, 0.717) is 19.2 Å². The molecule has 0 bridgehead atoms. The van der Waals surface area contributed by atoms with Gasteiger partial charge in [0.05, 0.1) is 10.6 Å². The fourth-order valence-corrected chi connectivity index (χ4v) is 1.97. The van der Waals surface area contributed by atoms with Crippen molar-refractivity contribution in [2.45, 2.75) is 18.6 Å². The molecule has 1 atom stereocenters. The number of rotatable bonds is 2. The molecule has 1 aromatic heterocycles. The van der Waals surface area contributed by atoms with Crippen LogP contribution in [0.2, 0.25) is 5.02 Å². The highest BCUT2D eigenvalue weighted by Gasteiger charge is 2.37. The van der Waals surface area contributed by atoms with Crippen molar-refractivity contribution in [2.24, 2.45) is 0 Å². The third-order valence-corrected chi connectivity index (χ3v) is 3.00. The fourth-order valence-electron chi connectivity index (χ4n) is 1.69. The van der Waals surface area contributed by atoms with E-state index in [1.54, 1.807) is 0 Å². The van der Waals surface area contributed by atoms with Crippen molar-refractivity contribution in [1.29, 1.82) is 0 Å². The molecule has 1 aliphatic rings. The molecule has 98 valence electrons. The normalized spacial score (nSPS) is 19.6. The van der Waals surface area contributed by atoms with E-state index in [9.17, 15) is 18.0 Å². The van der Waals surface area contributed by atoms with Gasteiger partial charge in [0, 0.05) is 12.7 Å². The summed E-state index contributed by atoms with van der Waals surface area (Å²) in [6.45, 7) is 0.412. The minimum absolute atomic E-state index is 0.0725. The summed E-state index contributed by atoms with van der Waals surface area (Å²) in [4.78, 5) is 15.8. The second-order valence-electron chi connectivity index (χ2n) is 3.86. The fraction of sp³-hybridized carbons (Fsp3) is 0.400. The van der Waals surface area contributed by atoms with E-state index in [0.717, 1.165) is 6.07 Å². The van der Waals surface area contributed by atoms with Crippen LogP contribution in [0.4, 0.5) is 19.0 Å². The topological polar surface area (TPSA) is 53.4 Å². The quantitative estimate of drug-likeness (QED) is 0.904. The lowest BCUT2D eigenvalue weighted by Gasteiger charge is -2.39. The van der Waals surface area contributed by atoms with Crippen molar-refractivity contribution in [3.05, 3.63) is 22.8 Å². The third kappa shape index (κ3) is 2.22. The standard InChI is InChI=1S/C10H8ClF3N2O2/c11-6-3-5(10(12,13)14)4-15-8(6)16-2-1-7(16)9(17)18/h3-4,7H,1-2H2,(H,17,18). The molecule has 1 unspecified atom stereocenters. The number of pyridine rings is 1. The molecular weight excluding hydrogens is 273 g/mol. The zero-order valence-corrected chi connectivity index (χ0v) is 9.66. The summed E-state index contributed by atoms with van der Waals surface area (Å²) in [6, 6.07) is -0.0204. The number of carboxylic acid groups (broad SMARTS) is 1. The van der Waals surface area contributed by atoms with E-state index in [4.69, 9.17) is 16.7 Å². The van der Waals surface area contributed by atoms with Gasteiger partial charge in [-0.15, -0.1) is 0 Å². The number of aliphatic carboxylic acids is 1. The number of alkyl halides is 3. The third-order valence-electron chi connectivity index (χ3n) is 2.73. The first-order valence-electron chi connectivity index (χ1n) is 5.03. The number of aromatic nitrogens is 1. The van der Waals surface area contributed by atoms with E-state index in [2.05, 4.69) is 4.98 Å². The summed E-state index contributed by atoms with van der Waals surface area (Å²) in [5.41, 5.74) is -0.955. The lowest BCUT2D eigenvalue weighted by molar-refractivity contribution is -0.140. The number of hydrogen-bond acceptors (Lipinski definition) is 3. The molecule has 2 rings (SSSR count). The molecule has 0 aromatic carbocycles. The molecule has 0 spiro atoms. The summed E-state index contributed by atoms with van der Waals surface area (Å²) in [5, 5.41) is 8.65. The van der Waals surface area contributed by atoms with Gasteiger partial charge >= 0.3 is 12.1 Å². The van der Waals surface area contributed by atoms with Crippen LogP contribution >= 0.6 is 11.6 Å². The van der Waals surface area contributed by atoms with Crippen LogP contribution in [0.25, 0.3) is 0 Å². The van der Waals surface area contributed by atoms with E-state index in [1.165, 1.54) is 4.90 Å². The first-order valence-corrected chi connectivity index (χ1v) is 5.40. The Balaban J connectivity index is 2.29. The molecule has 1 saturated heterocycles. The largest absolute Gasteiger partial charge is 0.480 e. The van der Waals surface area contributed by atoms with Gasteiger partial charge in [-0.3, -0.25) is 0 Å². The van der Waals surface area contributed by atoms with Gasteiger partial charge in [0.1, 0.15) is 11.9 Å². The second-order valence-corrected chi connectivity index (χ2v) is 4.27. The number of nitrogens with zero attached hydrogens (tertiary/aromatic N) is 2. The highest BCUT2D eigenvalue weighted by atomic mass is 35.5. The van der Waals surface area contributed by atoms with Gasteiger partial charge in [0.2, 0.25) is 0 Å². The van der Waals surface area contributed by atoms with Gasteiger partial charge in [-0.2, -0.15) is 13.2 Å². The van der Waals surface area contributed by atoms with Crippen LogP contribution in [0.3, 0.4) is 0 Å². The maximum absolute atomic E-state index is 12.4. The van der Waals surface area contributed by atoms with E-state index in [-0.39, 0.29) is 10.8 Å². The van der Waals surface area contributed by atoms with Crippen LogP contribution < -0.4 is 4.90 Å². The molecule has 0 aliphatic carbocycles. The molecular formula is C10H8ClF3N2O2. The number of anilines is 1. The predicted octanol–water partition coefficient (Wildman–Crippen LogP) is 2.42. The molecule has 0 saturated carbocycles. The van der Waals surface area contributed by atoms with Gasteiger partial charge < -0.3 is 10.0 Å². The van der Waals surface area contributed by atoms with Gasteiger partial charge in [-0.1, -0.05) is 11.6 Å². The Bertz CT molecular complexity index is 493. The van der Waals surface area contributed by atoms with Crippen molar-refractivity contribution >= 4 is 23.4 Å². The van der Waals surface area contributed by atoms with Crippen LogP contribution in [0.15, 0.2) is 12.3 Å². The molecule has 4 nitrogen and oxygen atoms in total. The molecule has 8 heteroatoms. The highest BCUT2D eigenvalue weighted by Crippen LogP contribution is 2.36. The monoisotopic (exact) mass is 280 g/mol. The summed E-state index contributed by atoms with van der Waals surface area (Å²) in [7, 11) is 0. The van der Waals surface area contributed by atoms with Crippen LogP contribution in [-0.4, -0.2) is 28.6 Å². The molecule has 18 heavy (non-hydrogen) atoms. The Morgan fingerprint density at radius 2 is 2.22 bits per heavy atom. The molecule has 2 heterocycles. The average molecular weight is 281 g/mol. The Morgan fingerprint density at radius 1 is 1.56 bits per heavy atom. The SMILES string of the molecule is O=C(O)C1CCN1c1ncc(C(F)(F)F)cc1Cl. The van der Waals surface area contributed by atoms with Gasteiger partial charge in [0.15, 0.2) is 0 Å². The van der Waals surface area contributed by atoms with Crippen molar-refractivity contribution in [2.75, 3.05) is 11.4 Å². The number of carboxylic acids is 1. The number of hydrogen-bond donors (Lipinski definition) is 1. The van der Waals surface area contributed by atoms with Crippen molar-refractivity contribution < 1.29 is 23.1 Å². The molecule has 0 amide bonds. The van der Waals surface area contributed by atoms with Gasteiger partial charge in [0.25, 0.3) is 0 Å². The molecule has 1 fully saturated rings. The molecule has 1 aliphatic heterocycles. The summed E-state index contributed by atoms with van der Waals surface area (Å²) in [6.07, 6.45) is -3.44. The minimum atomic E-state index is -4.52. The zero-order valence-electron chi connectivity index (χ0n) is 8.91. The van der Waals surface area contributed by atoms with Crippen LogP contribution in [0, 0.1) is 0 Å². The Morgan fingerprint density at radius 3 is 2.61 bits per heavy atom. The van der Waals surface area contributed by atoms with Gasteiger partial charge in [-0.05, 0) is 12.5 Å². The number of halogens is 4. The zero-order chi connectivity index (χ0) is 13.5. The Labute approximate surface area is 105 Å². The average Bonchev–Trinajstić information content (AvgIpc) is 2.16. The Kier molecular flexibility index (Phi) is 3.10. The van der Waals surface area contributed by atoms with Crippen molar-refractivity contribution in [3.63, 3.8) is 0 Å². The Hall–Kier alpha value is -1.50. The molecule has 1 aromatic rings. The minimum Gasteiger partial charge on any atom is -0.480 e. The lowest BCUT2D eigenvalue weighted by atomic mass is 10.0. The maximum atomic E-state index is 12.4. The number of carbonyl (C=O) groups is 1. The van der Waals surface area contributed by atoms with Crippen LogP contribution in [-0.2, 0) is 11.0 Å². The lowest BCUT2D eigenvalue weighted by Crippen LogP contribution is -2.53. The van der Waals surface area contributed by atoms with Crippen LogP contribution in [0.5, 0.6) is 0 Å². The summed E-state index contributed by atoms with van der Waals surface area (Å²) in [5.74, 6) is -0.970. The van der Waals surface area contributed by atoms with Crippen molar-refractivity contribution in [3.8, 4) is 0 Å². The van der Waals surface area contributed by atoms with E-state index < -0.39 is 23.8 Å². The second kappa shape index (κ2) is 4.31. The summed E-state index contributed by atoms with van der Waals surface area (Å²) < 4.78 is 37.2. The summed E-state index contributed by atoms with van der Waals surface area (Å²) >= 11 is 5.72. The van der Waals surface area contributed by atoms with E-state index in [1.807, 2.05) is 0 Å². The smallest absolute Gasteiger partial charge is 0.417 e. The van der Waals surface area contributed by atoms with Crippen molar-refractivity contribution in [1.82, 2.24) is 4.98 Å². The molecule has 1 N–H and O–H groups in total. The predicted molar refractivity (Wildman–Crippen MR) is 57.6 cm³/mol. The highest BCUT2D eigenvalue weighted by molar-refractivity contribution is 6.33. The van der Waals surface area contributed by atoms with Gasteiger partial charge in [-0.25, -0.2) is 9.78 Å². The molecule has 0 radical (unpaired) electrons. The maximum Gasteiger partial charge on any atom is 0.417 e. The first-order chi connectivity index (χ1) is 8.30. The van der Waals surface area contributed by atoms with Crippen LogP contribution in [0.1, 0.15) is 12.0 Å². The first kappa shape index (κ1) is 12.9.